The molecule has 1 heterocycles. The van der Waals surface area contributed by atoms with E-state index >= 15 is 0 Å². The number of hydrogen-bond donors (Lipinski definition) is 1. The molecule has 1 aliphatic heterocycles. The fourth-order valence-corrected chi connectivity index (χ4v) is 3.02. The van der Waals surface area contributed by atoms with E-state index in [2.05, 4.69) is 5.32 Å². The van der Waals surface area contributed by atoms with Gasteiger partial charge in [0.15, 0.2) is 6.10 Å². The Balaban J connectivity index is 1.77. The van der Waals surface area contributed by atoms with Gasteiger partial charge in [-0.15, -0.1) is 0 Å². The maximum absolute atomic E-state index is 12.3. The number of methoxy groups -OCH3 is 1. The number of ether oxygens (including phenoxy) is 2. The predicted octanol–water partition coefficient (Wildman–Crippen LogP) is 0.0220. The summed E-state index contributed by atoms with van der Waals surface area (Å²) in [6, 6.07) is 0. The fraction of sp³-hybridized carbons (Fsp3) is 0.647. The minimum atomic E-state index is -0.943. The van der Waals surface area contributed by atoms with Gasteiger partial charge in [-0.3, -0.25) is 24.1 Å². The number of hydrogen-bond acceptors (Lipinski definition) is 6. The molecule has 2 aliphatic rings. The minimum absolute atomic E-state index is 0.0124. The molecule has 0 unspecified atom stereocenters. The number of imide groups is 1. The van der Waals surface area contributed by atoms with Gasteiger partial charge in [-0.05, 0) is 19.8 Å². The first-order chi connectivity index (χ1) is 12.0. The van der Waals surface area contributed by atoms with Crippen LogP contribution in [-0.2, 0) is 28.7 Å². The summed E-state index contributed by atoms with van der Waals surface area (Å²) >= 11 is 0. The monoisotopic (exact) mass is 352 g/mol. The molecule has 8 heteroatoms. The lowest BCUT2D eigenvalue weighted by atomic mass is 9.85. The van der Waals surface area contributed by atoms with Crippen LogP contribution in [0.1, 0.15) is 26.2 Å². The molecule has 0 spiro atoms. The van der Waals surface area contributed by atoms with Crippen LogP contribution in [0.3, 0.4) is 0 Å². The third-order valence-corrected chi connectivity index (χ3v) is 4.42. The van der Waals surface area contributed by atoms with E-state index in [1.54, 1.807) is 0 Å². The van der Waals surface area contributed by atoms with Crippen molar-refractivity contribution in [1.29, 1.82) is 0 Å². The van der Waals surface area contributed by atoms with Crippen molar-refractivity contribution in [3.8, 4) is 0 Å². The van der Waals surface area contributed by atoms with E-state index in [0.717, 1.165) is 4.90 Å². The molecular formula is C17H24N2O6. The SMILES string of the molecule is COCCNC(=O)[C@@H](C)OC(=O)CCN1C(=O)[C@H]2CC=CC[C@@H]2C1=O. The summed E-state index contributed by atoms with van der Waals surface area (Å²) in [7, 11) is 1.52. The molecule has 3 amide bonds. The summed E-state index contributed by atoms with van der Waals surface area (Å²) in [4.78, 5) is 49.3. The Hall–Kier alpha value is -2.22. The van der Waals surface area contributed by atoms with Crippen molar-refractivity contribution in [2.24, 2.45) is 11.8 Å². The lowest BCUT2D eigenvalue weighted by Crippen LogP contribution is -2.38. The molecule has 2 rings (SSSR count). The van der Waals surface area contributed by atoms with Crippen LogP contribution in [0.15, 0.2) is 12.2 Å². The van der Waals surface area contributed by atoms with Gasteiger partial charge < -0.3 is 14.8 Å². The second-order valence-electron chi connectivity index (χ2n) is 6.15. The third-order valence-electron chi connectivity index (χ3n) is 4.42. The number of allylic oxidation sites excluding steroid dienone is 2. The fourth-order valence-electron chi connectivity index (χ4n) is 3.02. The largest absolute Gasteiger partial charge is 0.452 e. The van der Waals surface area contributed by atoms with Crippen LogP contribution in [0.5, 0.6) is 0 Å². The smallest absolute Gasteiger partial charge is 0.308 e. The Bertz CT molecular complexity index is 547. The molecule has 8 nitrogen and oxygen atoms in total. The van der Waals surface area contributed by atoms with Crippen molar-refractivity contribution in [3.63, 3.8) is 0 Å². The summed E-state index contributed by atoms with van der Waals surface area (Å²) in [6.45, 7) is 2.14. The van der Waals surface area contributed by atoms with Crippen LogP contribution in [0.4, 0.5) is 0 Å². The van der Waals surface area contributed by atoms with Gasteiger partial charge >= 0.3 is 5.97 Å². The normalized spacial score (nSPS) is 23.4. The first-order valence-electron chi connectivity index (χ1n) is 8.42. The van der Waals surface area contributed by atoms with Crippen LogP contribution >= 0.6 is 0 Å². The number of nitrogens with zero attached hydrogens (tertiary/aromatic N) is 1. The molecule has 1 fully saturated rings. The first kappa shape index (κ1) is 19.1. The number of fused-ring (bicyclic) bond motifs is 1. The van der Waals surface area contributed by atoms with Gasteiger partial charge in [0.25, 0.3) is 5.91 Å². The van der Waals surface area contributed by atoms with Gasteiger partial charge in [-0.25, -0.2) is 0 Å². The molecule has 0 bridgehead atoms. The topological polar surface area (TPSA) is 102 Å². The Morgan fingerprint density at radius 1 is 1.24 bits per heavy atom. The van der Waals surface area contributed by atoms with Crippen molar-refractivity contribution in [3.05, 3.63) is 12.2 Å². The standard InChI is InChI=1S/C17H24N2O6/c1-11(15(21)18-8-10-24-2)25-14(20)7-9-19-16(22)12-5-3-4-6-13(12)17(19)23/h3-4,11-13H,5-10H2,1-2H3,(H,18,21)/t11-,12+,13+/m1/s1. The summed E-state index contributed by atoms with van der Waals surface area (Å²) in [6.07, 6.45) is 3.88. The third kappa shape index (κ3) is 4.66. The summed E-state index contributed by atoms with van der Waals surface area (Å²) in [5.74, 6) is -2.10. The molecule has 1 N–H and O–H groups in total. The molecule has 0 radical (unpaired) electrons. The second-order valence-corrected chi connectivity index (χ2v) is 6.15. The van der Waals surface area contributed by atoms with Crippen LogP contribution in [0.25, 0.3) is 0 Å². The van der Waals surface area contributed by atoms with Gasteiger partial charge in [-0.2, -0.15) is 0 Å². The Morgan fingerprint density at radius 2 is 1.84 bits per heavy atom. The molecule has 138 valence electrons. The lowest BCUT2D eigenvalue weighted by Gasteiger charge is -2.16. The number of rotatable bonds is 8. The van der Waals surface area contributed by atoms with E-state index in [-0.39, 0.29) is 36.6 Å². The maximum atomic E-state index is 12.3. The first-order valence-corrected chi connectivity index (χ1v) is 8.42. The minimum Gasteiger partial charge on any atom is -0.452 e. The van der Waals surface area contributed by atoms with Gasteiger partial charge in [0.1, 0.15) is 0 Å². The maximum Gasteiger partial charge on any atom is 0.308 e. The molecule has 3 atom stereocenters. The van der Waals surface area contributed by atoms with E-state index in [1.165, 1.54) is 14.0 Å². The van der Waals surface area contributed by atoms with Crippen molar-refractivity contribution in [2.75, 3.05) is 26.8 Å². The Kier molecular flexibility index (Phi) is 6.69. The number of esters is 1. The highest BCUT2D eigenvalue weighted by Gasteiger charge is 2.46. The summed E-state index contributed by atoms with van der Waals surface area (Å²) < 4.78 is 9.85. The van der Waals surface area contributed by atoms with Gasteiger partial charge in [0.05, 0.1) is 24.9 Å². The van der Waals surface area contributed by atoms with Crippen LogP contribution < -0.4 is 5.32 Å². The van der Waals surface area contributed by atoms with Crippen LogP contribution in [0.2, 0.25) is 0 Å². The highest BCUT2D eigenvalue weighted by Crippen LogP contribution is 2.34. The van der Waals surface area contributed by atoms with E-state index in [9.17, 15) is 19.2 Å². The van der Waals surface area contributed by atoms with E-state index < -0.39 is 18.0 Å². The Morgan fingerprint density at radius 3 is 2.40 bits per heavy atom. The highest BCUT2D eigenvalue weighted by molar-refractivity contribution is 6.05. The molecule has 25 heavy (non-hydrogen) atoms. The highest BCUT2D eigenvalue weighted by atomic mass is 16.5. The zero-order valence-corrected chi connectivity index (χ0v) is 14.5. The van der Waals surface area contributed by atoms with Crippen LogP contribution in [-0.4, -0.2) is 61.5 Å². The average molecular weight is 352 g/mol. The Labute approximate surface area is 146 Å². The van der Waals surface area contributed by atoms with E-state index in [0.29, 0.717) is 26.0 Å². The number of nitrogens with one attached hydrogen (secondary N) is 1. The van der Waals surface area contributed by atoms with E-state index in [4.69, 9.17) is 9.47 Å². The average Bonchev–Trinajstić information content (AvgIpc) is 2.84. The zero-order chi connectivity index (χ0) is 18.4. The van der Waals surface area contributed by atoms with Crippen molar-refractivity contribution in [2.45, 2.75) is 32.3 Å². The van der Waals surface area contributed by atoms with Crippen molar-refractivity contribution >= 4 is 23.7 Å². The molecular weight excluding hydrogens is 328 g/mol. The second kappa shape index (κ2) is 8.75. The number of amides is 3. The summed E-state index contributed by atoms with van der Waals surface area (Å²) in [5, 5.41) is 2.57. The van der Waals surface area contributed by atoms with Gasteiger partial charge in [0.2, 0.25) is 11.8 Å². The van der Waals surface area contributed by atoms with Crippen molar-refractivity contribution < 1.29 is 28.7 Å². The molecule has 0 saturated carbocycles. The lowest BCUT2D eigenvalue weighted by molar-refractivity contribution is -0.155. The van der Waals surface area contributed by atoms with Crippen LogP contribution in [0, 0.1) is 11.8 Å². The molecule has 1 aliphatic carbocycles. The predicted molar refractivity (Wildman–Crippen MR) is 87.1 cm³/mol. The van der Waals surface area contributed by atoms with Gasteiger partial charge in [0, 0.05) is 20.2 Å². The molecule has 1 saturated heterocycles. The molecule has 0 aromatic carbocycles. The molecule has 0 aromatic heterocycles. The van der Waals surface area contributed by atoms with E-state index in [1.807, 2.05) is 12.2 Å². The van der Waals surface area contributed by atoms with Gasteiger partial charge in [-0.1, -0.05) is 12.2 Å². The summed E-state index contributed by atoms with van der Waals surface area (Å²) in [5.41, 5.74) is 0. The number of carbonyl (C=O) groups excluding carboxylic acids is 4. The van der Waals surface area contributed by atoms with Crippen molar-refractivity contribution in [1.82, 2.24) is 10.2 Å². The molecule has 0 aromatic rings. The number of likely N-dealkylation sites (tertiary alicyclic amines) is 1. The quantitative estimate of drug-likeness (QED) is 0.286. The zero-order valence-electron chi connectivity index (χ0n) is 14.5. The number of carbonyl (C=O) groups is 4.